The fraction of sp³-hybridized carbons (Fsp3) is 0.353. The highest BCUT2D eigenvalue weighted by Crippen LogP contribution is 2.18. The summed E-state index contributed by atoms with van der Waals surface area (Å²) in [6.07, 6.45) is 1.54. The van der Waals surface area contributed by atoms with Crippen LogP contribution in [0.25, 0.3) is 5.69 Å². The number of hydrogen-bond donors (Lipinski definition) is 2. The Labute approximate surface area is 145 Å². The molecule has 2 N–H and O–H groups in total. The number of methoxy groups -OCH3 is 1. The lowest BCUT2D eigenvalue weighted by atomic mass is 10.2. The lowest BCUT2D eigenvalue weighted by molar-refractivity contribution is -0.117. The van der Waals surface area contributed by atoms with E-state index in [4.69, 9.17) is 14.6 Å². The maximum Gasteiger partial charge on any atom is 0.339 e. The number of aromatic carboxylic acids is 1. The third-order valence-corrected chi connectivity index (χ3v) is 3.52. The van der Waals surface area contributed by atoms with Gasteiger partial charge in [-0.15, -0.1) is 0 Å². The molecular formula is C17H21N3O5. The number of anilines is 1. The van der Waals surface area contributed by atoms with E-state index in [1.54, 1.807) is 38.3 Å². The first-order chi connectivity index (χ1) is 12.0. The van der Waals surface area contributed by atoms with Crippen LogP contribution in [0.4, 0.5) is 5.69 Å². The number of carbonyl (C=O) groups is 2. The predicted molar refractivity (Wildman–Crippen MR) is 91.2 cm³/mol. The Balaban J connectivity index is 1.99. The summed E-state index contributed by atoms with van der Waals surface area (Å²) in [5.41, 5.74) is 1.93. The van der Waals surface area contributed by atoms with Crippen molar-refractivity contribution >= 4 is 17.6 Å². The van der Waals surface area contributed by atoms with Crippen molar-refractivity contribution in [2.24, 2.45) is 0 Å². The molecule has 0 radical (unpaired) electrons. The molecule has 0 spiro atoms. The normalized spacial score (nSPS) is 10.6. The van der Waals surface area contributed by atoms with Crippen LogP contribution in [-0.4, -0.2) is 53.7 Å². The SMILES string of the molecule is COCCOCCC(=O)Nc1cccc(-n2ncc(C(=O)O)c2C)c1. The second kappa shape index (κ2) is 8.95. The van der Waals surface area contributed by atoms with Crippen molar-refractivity contribution in [2.75, 3.05) is 32.2 Å². The van der Waals surface area contributed by atoms with E-state index >= 15 is 0 Å². The summed E-state index contributed by atoms with van der Waals surface area (Å²) in [6.45, 7) is 2.93. The second-order valence-corrected chi connectivity index (χ2v) is 5.31. The molecule has 0 saturated carbocycles. The number of nitrogens with zero attached hydrogens (tertiary/aromatic N) is 2. The summed E-state index contributed by atoms with van der Waals surface area (Å²) >= 11 is 0. The molecule has 134 valence electrons. The van der Waals surface area contributed by atoms with E-state index in [9.17, 15) is 9.59 Å². The van der Waals surface area contributed by atoms with Crippen LogP contribution < -0.4 is 5.32 Å². The third kappa shape index (κ3) is 5.13. The summed E-state index contributed by atoms with van der Waals surface area (Å²) < 4.78 is 11.6. The molecule has 1 aromatic carbocycles. The molecule has 2 rings (SSSR count). The minimum absolute atomic E-state index is 0.141. The second-order valence-electron chi connectivity index (χ2n) is 5.31. The molecule has 8 heteroatoms. The van der Waals surface area contributed by atoms with Crippen molar-refractivity contribution in [1.82, 2.24) is 9.78 Å². The molecule has 8 nitrogen and oxygen atoms in total. The average Bonchev–Trinajstić information content (AvgIpc) is 2.96. The number of ether oxygens (including phenoxy) is 2. The van der Waals surface area contributed by atoms with Crippen LogP contribution in [0.15, 0.2) is 30.5 Å². The van der Waals surface area contributed by atoms with Gasteiger partial charge in [-0.05, 0) is 25.1 Å². The first-order valence-corrected chi connectivity index (χ1v) is 7.78. The van der Waals surface area contributed by atoms with Crippen LogP contribution in [0.3, 0.4) is 0 Å². The van der Waals surface area contributed by atoms with E-state index in [0.717, 1.165) is 0 Å². The Morgan fingerprint density at radius 1 is 1.28 bits per heavy atom. The zero-order valence-electron chi connectivity index (χ0n) is 14.2. The number of carbonyl (C=O) groups excluding carboxylic acids is 1. The van der Waals surface area contributed by atoms with Gasteiger partial charge in [0, 0.05) is 12.8 Å². The molecule has 1 heterocycles. The topological polar surface area (TPSA) is 103 Å². The number of nitrogens with one attached hydrogen (secondary N) is 1. The molecular weight excluding hydrogens is 326 g/mol. The van der Waals surface area contributed by atoms with E-state index in [0.29, 0.717) is 36.9 Å². The Hall–Kier alpha value is -2.71. The van der Waals surface area contributed by atoms with Gasteiger partial charge in [0.25, 0.3) is 0 Å². The molecule has 0 aliphatic heterocycles. The zero-order valence-corrected chi connectivity index (χ0v) is 14.2. The summed E-state index contributed by atoms with van der Waals surface area (Å²) in [7, 11) is 1.59. The van der Waals surface area contributed by atoms with Crippen molar-refractivity contribution in [3.8, 4) is 5.69 Å². The molecule has 0 aliphatic carbocycles. The van der Waals surface area contributed by atoms with Crippen molar-refractivity contribution in [3.63, 3.8) is 0 Å². The van der Waals surface area contributed by atoms with Crippen LogP contribution >= 0.6 is 0 Å². The summed E-state index contributed by atoms with van der Waals surface area (Å²) in [6, 6.07) is 7.04. The van der Waals surface area contributed by atoms with Gasteiger partial charge in [-0.1, -0.05) is 6.07 Å². The Bertz CT molecular complexity index is 742. The van der Waals surface area contributed by atoms with E-state index in [2.05, 4.69) is 10.4 Å². The van der Waals surface area contributed by atoms with Gasteiger partial charge in [-0.2, -0.15) is 5.10 Å². The van der Waals surface area contributed by atoms with E-state index in [-0.39, 0.29) is 17.9 Å². The molecule has 0 bridgehead atoms. The fourth-order valence-corrected chi connectivity index (χ4v) is 2.23. The predicted octanol–water partition coefficient (Wildman–Crippen LogP) is 1.87. The summed E-state index contributed by atoms with van der Waals surface area (Å²) in [5.74, 6) is -1.19. The van der Waals surface area contributed by atoms with Gasteiger partial charge in [0.15, 0.2) is 0 Å². The van der Waals surface area contributed by atoms with E-state index in [1.165, 1.54) is 10.9 Å². The lowest BCUT2D eigenvalue weighted by Crippen LogP contribution is -2.15. The zero-order chi connectivity index (χ0) is 18.2. The number of amides is 1. The van der Waals surface area contributed by atoms with Gasteiger partial charge in [0.1, 0.15) is 5.56 Å². The standard InChI is InChI=1S/C17H21N3O5/c1-12-15(17(22)23)11-18-20(12)14-5-3-4-13(10-14)19-16(21)6-7-25-9-8-24-2/h3-5,10-11H,6-9H2,1-2H3,(H,19,21)(H,22,23). The molecule has 0 aliphatic rings. The Kier molecular flexibility index (Phi) is 6.67. The van der Waals surface area contributed by atoms with Crippen molar-refractivity contribution in [2.45, 2.75) is 13.3 Å². The average molecular weight is 347 g/mol. The van der Waals surface area contributed by atoms with Crippen LogP contribution in [0, 0.1) is 6.92 Å². The number of aromatic nitrogens is 2. The van der Waals surface area contributed by atoms with Crippen LogP contribution in [0.2, 0.25) is 0 Å². The smallest absolute Gasteiger partial charge is 0.339 e. The minimum atomic E-state index is -1.03. The van der Waals surface area contributed by atoms with Gasteiger partial charge in [-0.25, -0.2) is 9.48 Å². The fourth-order valence-electron chi connectivity index (χ4n) is 2.23. The minimum Gasteiger partial charge on any atom is -0.478 e. The maximum atomic E-state index is 11.9. The van der Waals surface area contributed by atoms with Gasteiger partial charge in [-0.3, -0.25) is 4.79 Å². The molecule has 0 fully saturated rings. The number of benzene rings is 1. The first kappa shape index (κ1) is 18.6. The Morgan fingerprint density at radius 3 is 2.76 bits per heavy atom. The molecule has 0 atom stereocenters. The molecule has 25 heavy (non-hydrogen) atoms. The highest BCUT2D eigenvalue weighted by atomic mass is 16.5. The van der Waals surface area contributed by atoms with Gasteiger partial charge < -0.3 is 19.9 Å². The van der Waals surface area contributed by atoms with Crippen LogP contribution in [0.5, 0.6) is 0 Å². The maximum absolute atomic E-state index is 11.9. The molecule has 1 amide bonds. The van der Waals surface area contributed by atoms with E-state index < -0.39 is 5.97 Å². The number of rotatable bonds is 9. The summed E-state index contributed by atoms with van der Waals surface area (Å²) in [4.78, 5) is 23.0. The van der Waals surface area contributed by atoms with Gasteiger partial charge >= 0.3 is 5.97 Å². The number of hydrogen-bond acceptors (Lipinski definition) is 5. The molecule has 0 saturated heterocycles. The van der Waals surface area contributed by atoms with Crippen LogP contribution in [-0.2, 0) is 14.3 Å². The first-order valence-electron chi connectivity index (χ1n) is 7.78. The molecule has 1 aromatic heterocycles. The van der Waals surface area contributed by atoms with Crippen molar-refractivity contribution in [1.29, 1.82) is 0 Å². The highest BCUT2D eigenvalue weighted by Gasteiger charge is 2.14. The largest absolute Gasteiger partial charge is 0.478 e. The third-order valence-electron chi connectivity index (χ3n) is 3.52. The number of carboxylic acids is 1. The van der Waals surface area contributed by atoms with Crippen LogP contribution in [0.1, 0.15) is 22.5 Å². The van der Waals surface area contributed by atoms with Crippen molar-refractivity contribution < 1.29 is 24.2 Å². The number of carboxylic acid groups (broad SMARTS) is 1. The summed E-state index contributed by atoms with van der Waals surface area (Å²) in [5, 5.41) is 16.0. The van der Waals surface area contributed by atoms with E-state index in [1.807, 2.05) is 0 Å². The molecule has 2 aromatic rings. The van der Waals surface area contributed by atoms with Gasteiger partial charge in [0.05, 0.1) is 43.8 Å². The lowest BCUT2D eigenvalue weighted by Gasteiger charge is -2.09. The van der Waals surface area contributed by atoms with Crippen molar-refractivity contribution in [3.05, 3.63) is 41.7 Å². The molecule has 0 unspecified atom stereocenters. The quantitative estimate of drug-likeness (QED) is 0.671. The monoisotopic (exact) mass is 347 g/mol. The van der Waals surface area contributed by atoms with Gasteiger partial charge in [0.2, 0.25) is 5.91 Å². The Morgan fingerprint density at radius 2 is 2.08 bits per heavy atom. The highest BCUT2D eigenvalue weighted by molar-refractivity contribution is 5.91.